The molecule has 1 atom stereocenters. The highest BCUT2D eigenvalue weighted by Gasteiger charge is 2.28. The minimum Gasteiger partial charge on any atom is -0.465 e. The molecule has 1 fully saturated rings. The monoisotopic (exact) mass is 786 g/mol. The van der Waals surface area contributed by atoms with Gasteiger partial charge in [0.2, 0.25) is 0 Å². The van der Waals surface area contributed by atoms with Crippen molar-refractivity contribution in [2.24, 2.45) is 11.8 Å². The van der Waals surface area contributed by atoms with Crippen LogP contribution < -0.4 is 4.90 Å². The summed E-state index contributed by atoms with van der Waals surface area (Å²) in [5.41, 5.74) is 3.46. The number of ether oxygens (including phenoxy) is 3. The van der Waals surface area contributed by atoms with Crippen molar-refractivity contribution in [1.82, 2.24) is 0 Å². The Morgan fingerprint density at radius 1 is 0.684 bits per heavy atom. The molecule has 1 aliphatic heterocycles. The number of esters is 3. The van der Waals surface area contributed by atoms with E-state index in [9.17, 15) is 14.4 Å². The molecule has 1 heterocycles. The molecule has 0 spiro atoms. The Bertz CT molecular complexity index is 1490. The van der Waals surface area contributed by atoms with Crippen LogP contribution in [-0.2, 0) is 34.6 Å². The molecule has 2 aromatic rings. The Hall–Kier alpha value is -3.87. The van der Waals surface area contributed by atoms with Crippen molar-refractivity contribution in [1.29, 1.82) is 0 Å². The molecule has 0 amide bonds. The van der Waals surface area contributed by atoms with E-state index < -0.39 is 11.9 Å². The molecule has 0 N–H and O–H groups in total. The summed E-state index contributed by atoms with van der Waals surface area (Å²) in [4.78, 5) is 41.8. The highest BCUT2D eigenvalue weighted by molar-refractivity contribution is 5.90. The van der Waals surface area contributed by atoms with Gasteiger partial charge in [0.05, 0.1) is 17.4 Å². The summed E-state index contributed by atoms with van der Waals surface area (Å²) in [5.74, 6) is -1.64. The maximum absolute atomic E-state index is 13.5. The van der Waals surface area contributed by atoms with Gasteiger partial charge in [0.25, 0.3) is 0 Å². The maximum Gasteiger partial charge on any atom is 0.338 e. The van der Waals surface area contributed by atoms with E-state index in [-0.39, 0.29) is 48.5 Å². The quantitative estimate of drug-likeness (QED) is 0.0453. The summed E-state index contributed by atoms with van der Waals surface area (Å²) in [6.45, 7) is 16.6. The average molecular weight is 786 g/mol. The lowest BCUT2D eigenvalue weighted by Crippen LogP contribution is -2.37. The van der Waals surface area contributed by atoms with Crippen LogP contribution >= 0.6 is 0 Å². The molecule has 7 nitrogen and oxygen atoms in total. The van der Waals surface area contributed by atoms with Crippen molar-refractivity contribution in [3.63, 3.8) is 0 Å². The molecule has 1 unspecified atom stereocenters. The maximum atomic E-state index is 13.5. The predicted molar refractivity (Wildman–Crippen MR) is 235 cm³/mol. The fraction of sp³-hybridized carbons (Fsp3) is 0.620. The van der Waals surface area contributed by atoms with Gasteiger partial charge >= 0.3 is 17.9 Å². The second-order valence-electron chi connectivity index (χ2n) is 18.0. The van der Waals surface area contributed by atoms with Crippen LogP contribution in [0.15, 0.2) is 72.8 Å². The Labute approximate surface area is 346 Å². The number of hydrogen-bond acceptors (Lipinski definition) is 7. The van der Waals surface area contributed by atoms with Crippen LogP contribution in [0, 0.1) is 11.8 Å². The van der Waals surface area contributed by atoms with Crippen LogP contribution in [0.4, 0.5) is 5.69 Å². The second-order valence-corrected chi connectivity index (χ2v) is 18.0. The Morgan fingerprint density at radius 3 is 1.82 bits per heavy atom. The molecule has 7 heteroatoms. The number of unbranched alkanes of at least 4 members (excludes halogenated alkanes) is 9. The van der Waals surface area contributed by atoms with E-state index in [4.69, 9.17) is 14.2 Å². The van der Waals surface area contributed by atoms with Crippen molar-refractivity contribution in [2.45, 2.75) is 156 Å². The molecule has 3 rings (SSSR count). The zero-order chi connectivity index (χ0) is 41.5. The van der Waals surface area contributed by atoms with Gasteiger partial charge in [0.1, 0.15) is 19.8 Å². The third-order valence-electron chi connectivity index (χ3n) is 10.8. The minimum absolute atomic E-state index is 0.0124. The van der Waals surface area contributed by atoms with Crippen LogP contribution in [0.5, 0.6) is 0 Å². The van der Waals surface area contributed by atoms with Gasteiger partial charge in [0, 0.05) is 25.2 Å². The van der Waals surface area contributed by atoms with E-state index in [0.29, 0.717) is 24.8 Å². The van der Waals surface area contributed by atoms with E-state index in [1.165, 1.54) is 44.9 Å². The zero-order valence-corrected chi connectivity index (χ0v) is 36.6. The molecule has 0 radical (unpaired) electrons. The van der Waals surface area contributed by atoms with Crippen molar-refractivity contribution in [3.8, 4) is 0 Å². The number of carbonyl (C=O) groups excluding carboxylic acids is 3. The lowest BCUT2D eigenvalue weighted by Gasteiger charge is -2.32. The summed E-state index contributed by atoms with van der Waals surface area (Å²) in [6.07, 6.45) is 24.5. The third-order valence-corrected chi connectivity index (χ3v) is 10.8. The van der Waals surface area contributed by atoms with Gasteiger partial charge in [-0.05, 0) is 97.6 Å². The molecule has 2 aromatic carbocycles. The second kappa shape index (κ2) is 25.5. The number of allylic oxidation sites excluding steroid dienone is 4. The van der Waals surface area contributed by atoms with Crippen molar-refractivity contribution in [3.05, 3.63) is 89.5 Å². The normalized spacial score (nSPS) is 14.6. The Kier molecular flexibility index (Phi) is 21.2. The number of para-hydroxylation sites is 1. The van der Waals surface area contributed by atoms with Crippen LogP contribution in [-0.4, -0.2) is 50.8 Å². The van der Waals surface area contributed by atoms with Crippen molar-refractivity contribution >= 4 is 23.6 Å². The summed E-state index contributed by atoms with van der Waals surface area (Å²) in [7, 11) is 0. The van der Waals surface area contributed by atoms with Gasteiger partial charge in [-0.2, -0.15) is 0 Å². The molecular formula is C50H75NO6. The highest BCUT2D eigenvalue weighted by Crippen LogP contribution is 2.31. The lowest BCUT2D eigenvalue weighted by molar-refractivity contribution is -0.153. The summed E-state index contributed by atoms with van der Waals surface area (Å²) in [5, 5.41) is 0. The summed E-state index contributed by atoms with van der Waals surface area (Å²) < 4.78 is 17.4. The van der Waals surface area contributed by atoms with Crippen molar-refractivity contribution in [2.75, 3.05) is 37.8 Å². The molecule has 0 aliphatic carbocycles. The Morgan fingerprint density at radius 2 is 1.23 bits per heavy atom. The zero-order valence-electron chi connectivity index (χ0n) is 36.6. The first kappa shape index (κ1) is 47.5. The first-order chi connectivity index (χ1) is 27.3. The minimum atomic E-state index is -0.477. The first-order valence-electron chi connectivity index (χ1n) is 22.0. The fourth-order valence-electron chi connectivity index (χ4n) is 6.90. The predicted octanol–water partition coefficient (Wildman–Crippen LogP) is 12.3. The van der Waals surface area contributed by atoms with Crippen LogP contribution in [0.3, 0.4) is 0 Å². The van der Waals surface area contributed by atoms with E-state index in [1.54, 1.807) is 0 Å². The fourth-order valence-corrected chi connectivity index (χ4v) is 6.90. The summed E-state index contributed by atoms with van der Waals surface area (Å²) in [6, 6.07) is 16.2. The number of piperidine rings is 1. The van der Waals surface area contributed by atoms with Crippen LogP contribution in [0.25, 0.3) is 0 Å². The van der Waals surface area contributed by atoms with Gasteiger partial charge in [-0.1, -0.05) is 136 Å². The number of hydrogen-bond donors (Lipinski definition) is 0. The highest BCUT2D eigenvalue weighted by atomic mass is 16.6. The number of nitrogens with zero attached hydrogens (tertiary/aromatic N) is 1. The van der Waals surface area contributed by atoms with Gasteiger partial charge in [-0.25, -0.2) is 4.79 Å². The average Bonchev–Trinajstić information content (AvgIpc) is 3.19. The molecule has 316 valence electrons. The smallest absolute Gasteiger partial charge is 0.338 e. The number of carbonyl (C=O) groups is 3. The van der Waals surface area contributed by atoms with Crippen LogP contribution in [0.2, 0.25) is 0 Å². The van der Waals surface area contributed by atoms with E-state index in [1.807, 2.05) is 30.3 Å². The molecule has 0 bridgehead atoms. The largest absolute Gasteiger partial charge is 0.465 e. The van der Waals surface area contributed by atoms with Gasteiger partial charge in [-0.15, -0.1) is 0 Å². The van der Waals surface area contributed by atoms with E-state index in [2.05, 4.69) is 95.9 Å². The molecule has 1 aliphatic rings. The topological polar surface area (TPSA) is 82.1 Å². The number of rotatable bonds is 24. The SMILES string of the molecule is CCCCC/C=C\C/C=C\CCCCCCCCC(=O)OCC(COC(=O)c1cc(C(C)(C)C)cc(C(C)(C)C)c1)COC(=O)C1CCN(c2ccccc2)CC1. The van der Waals surface area contributed by atoms with E-state index in [0.717, 1.165) is 62.0 Å². The molecule has 1 saturated heterocycles. The number of benzene rings is 2. The molecular weight excluding hydrogens is 711 g/mol. The lowest BCUT2D eigenvalue weighted by atomic mass is 9.79. The van der Waals surface area contributed by atoms with Crippen molar-refractivity contribution < 1.29 is 28.6 Å². The molecule has 0 saturated carbocycles. The van der Waals surface area contributed by atoms with Gasteiger partial charge in [-0.3, -0.25) is 9.59 Å². The van der Waals surface area contributed by atoms with E-state index >= 15 is 0 Å². The third kappa shape index (κ3) is 19.0. The molecule has 0 aromatic heterocycles. The first-order valence-corrected chi connectivity index (χ1v) is 22.0. The number of anilines is 1. The van der Waals surface area contributed by atoms with Gasteiger partial charge in [0.15, 0.2) is 0 Å². The van der Waals surface area contributed by atoms with Crippen LogP contribution in [0.1, 0.15) is 166 Å². The standard InChI is InChI=1S/C50H75NO6/c1-8-9-10-11-12-13-14-15-16-17-18-19-20-21-22-26-29-46(52)55-37-40(38-56-47(53)41-30-32-51(33-31-41)45-27-24-23-25-28-45)39-57-48(54)42-34-43(49(2,3)4)36-44(35-42)50(5,6)7/h12-13,15-16,23-25,27-28,34-36,40-41H,8-11,14,17-22,26,29-33,37-39H2,1-7H3/b13-12-,16-15-. The van der Waals surface area contributed by atoms with Gasteiger partial charge < -0.3 is 19.1 Å². The summed E-state index contributed by atoms with van der Waals surface area (Å²) >= 11 is 0. The molecule has 57 heavy (non-hydrogen) atoms. The Balaban J connectivity index is 1.46.